The molecule has 0 aromatic heterocycles. The van der Waals surface area contributed by atoms with Gasteiger partial charge in [0.2, 0.25) is 11.8 Å². The fourth-order valence-corrected chi connectivity index (χ4v) is 4.02. The molecule has 2 unspecified atom stereocenters. The number of nitrogens with zero attached hydrogens (tertiary/aromatic N) is 1. The topological polar surface area (TPSA) is 86.3 Å². The van der Waals surface area contributed by atoms with Crippen LogP contribution in [0.25, 0.3) is 0 Å². The van der Waals surface area contributed by atoms with Crippen molar-refractivity contribution in [1.82, 2.24) is 5.32 Å². The average molecular weight is 457 g/mol. The van der Waals surface area contributed by atoms with Crippen LogP contribution in [-0.4, -0.2) is 59.5 Å². The van der Waals surface area contributed by atoms with E-state index < -0.39 is 12.0 Å². The predicted molar refractivity (Wildman–Crippen MR) is 125 cm³/mol. The van der Waals surface area contributed by atoms with Gasteiger partial charge in [-0.1, -0.05) is 12.1 Å². The third kappa shape index (κ3) is 6.24. The number of nitrogens with one attached hydrogen (secondary N) is 1. The summed E-state index contributed by atoms with van der Waals surface area (Å²) in [6.07, 6.45) is 0.764. The highest BCUT2D eigenvalue weighted by Crippen LogP contribution is 2.40. The molecule has 3 rings (SSSR count). The van der Waals surface area contributed by atoms with Gasteiger partial charge in [-0.15, -0.1) is 0 Å². The quantitative estimate of drug-likeness (QED) is 0.523. The number of methoxy groups -OCH3 is 3. The van der Waals surface area contributed by atoms with Crippen molar-refractivity contribution in [3.63, 3.8) is 0 Å². The van der Waals surface area contributed by atoms with Crippen molar-refractivity contribution < 1.29 is 28.5 Å². The maximum atomic E-state index is 13.2. The Kier molecular flexibility index (Phi) is 9.09. The Labute approximate surface area is 194 Å². The maximum Gasteiger partial charge on any atom is 0.227 e. The number of benzene rings is 2. The zero-order chi connectivity index (χ0) is 23.6. The average Bonchev–Trinajstić information content (AvgIpc) is 2.86. The first-order valence-corrected chi connectivity index (χ1v) is 11.0. The van der Waals surface area contributed by atoms with Gasteiger partial charge in [0.15, 0.2) is 0 Å². The molecule has 2 aromatic carbocycles. The van der Waals surface area contributed by atoms with Crippen LogP contribution < -0.4 is 19.7 Å². The molecular weight excluding hydrogens is 424 g/mol. The normalized spacial score (nSPS) is 18.2. The molecule has 0 aliphatic carbocycles. The van der Waals surface area contributed by atoms with Gasteiger partial charge in [0.1, 0.15) is 11.5 Å². The number of piperidine rings is 1. The van der Waals surface area contributed by atoms with Gasteiger partial charge in [-0.25, -0.2) is 0 Å². The van der Waals surface area contributed by atoms with E-state index in [9.17, 15) is 9.59 Å². The monoisotopic (exact) mass is 456 g/mol. The summed E-state index contributed by atoms with van der Waals surface area (Å²) in [7, 11) is 4.82. The maximum absolute atomic E-state index is 13.2. The highest BCUT2D eigenvalue weighted by Gasteiger charge is 2.41. The summed E-state index contributed by atoms with van der Waals surface area (Å²) < 4.78 is 20.9. The van der Waals surface area contributed by atoms with Crippen molar-refractivity contribution in [3.8, 4) is 11.5 Å². The predicted octanol–water partition coefficient (Wildman–Crippen LogP) is 2.97. The molecule has 1 heterocycles. The van der Waals surface area contributed by atoms with E-state index in [2.05, 4.69) is 5.32 Å². The van der Waals surface area contributed by atoms with Crippen LogP contribution in [0.4, 0.5) is 5.69 Å². The molecule has 1 N–H and O–H groups in total. The van der Waals surface area contributed by atoms with Crippen LogP contribution >= 0.6 is 0 Å². The molecule has 0 bridgehead atoms. The van der Waals surface area contributed by atoms with Crippen LogP contribution in [0.5, 0.6) is 11.5 Å². The molecule has 8 nitrogen and oxygen atoms in total. The molecule has 2 aromatic rings. The molecule has 1 aliphatic rings. The molecule has 0 saturated carbocycles. The number of rotatable bonds is 11. The highest BCUT2D eigenvalue weighted by molar-refractivity contribution is 5.97. The summed E-state index contributed by atoms with van der Waals surface area (Å²) in [6, 6.07) is 14.4. The van der Waals surface area contributed by atoms with Gasteiger partial charge in [0.25, 0.3) is 0 Å². The minimum Gasteiger partial charge on any atom is -0.497 e. The van der Waals surface area contributed by atoms with Crippen molar-refractivity contribution in [1.29, 1.82) is 0 Å². The fraction of sp³-hybridized carbons (Fsp3) is 0.440. The Hall–Kier alpha value is -3.10. The summed E-state index contributed by atoms with van der Waals surface area (Å²) in [5.74, 6) is 0.889. The molecule has 0 spiro atoms. The Morgan fingerprint density at radius 2 is 1.58 bits per heavy atom. The number of carbonyl (C=O) groups is 2. The first-order chi connectivity index (χ1) is 16.1. The van der Waals surface area contributed by atoms with E-state index in [0.717, 1.165) is 11.3 Å². The van der Waals surface area contributed by atoms with E-state index in [0.29, 0.717) is 50.7 Å². The molecule has 2 amide bonds. The van der Waals surface area contributed by atoms with Crippen molar-refractivity contribution in [2.75, 3.05) is 52.6 Å². The fourth-order valence-electron chi connectivity index (χ4n) is 4.02. The van der Waals surface area contributed by atoms with Gasteiger partial charge in [-0.2, -0.15) is 0 Å². The highest BCUT2D eigenvalue weighted by atomic mass is 16.5. The molecule has 0 radical (unpaired) electrons. The summed E-state index contributed by atoms with van der Waals surface area (Å²) in [6.45, 7) is 1.78. The third-order valence-corrected chi connectivity index (χ3v) is 5.72. The van der Waals surface area contributed by atoms with Crippen molar-refractivity contribution in [3.05, 3.63) is 54.1 Å². The lowest BCUT2D eigenvalue weighted by Crippen LogP contribution is -2.48. The van der Waals surface area contributed by atoms with Gasteiger partial charge in [0, 0.05) is 25.8 Å². The second-order valence-corrected chi connectivity index (χ2v) is 7.72. The second kappa shape index (κ2) is 12.2. The van der Waals surface area contributed by atoms with Crippen LogP contribution in [0.3, 0.4) is 0 Å². The molecule has 1 aliphatic heterocycles. The lowest BCUT2D eigenvalue weighted by molar-refractivity contribution is -0.129. The number of anilines is 1. The van der Waals surface area contributed by atoms with E-state index in [1.807, 2.05) is 48.5 Å². The zero-order valence-corrected chi connectivity index (χ0v) is 19.4. The van der Waals surface area contributed by atoms with E-state index >= 15 is 0 Å². The van der Waals surface area contributed by atoms with Crippen LogP contribution in [0, 0.1) is 5.92 Å². The minimum atomic E-state index is -0.444. The lowest BCUT2D eigenvalue weighted by atomic mass is 9.83. The first-order valence-electron chi connectivity index (χ1n) is 11.0. The minimum absolute atomic E-state index is 0.0204. The Morgan fingerprint density at radius 3 is 2.18 bits per heavy atom. The van der Waals surface area contributed by atoms with Gasteiger partial charge < -0.3 is 29.2 Å². The number of hydrogen-bond acceptors (Lipinski definition) is 6. The number of carbonyl (C=O) groups excluding carboxylic acids is 2. The summed E-state index contributed by atoms with van der Waals surface area (Å²) >= 11 is 0. The zero-order valence-electron chi connectivity index (χ0n) is 19.4. The number of amides is 2. The van der Waals surface area contributed by atoms with Crippen LogP contribution in [0.15, 0.2) is 48.5 Å². The largest absolute Gasteiger partial charge is 0.497 e. The number of hydrogen-bond donors (Lipinski definition) is 1. The summed E-state index contributed by atoms with van der Waals surface area (Å²) in [4.78, 5) is 28.0. The number of ether oxygens (including phenoxy) is 4. The molecule has 8 heteroatoms. The molecular formula is C25H32N2O6. The van der Waals surface area contributed by atoms with Gasteiger partial charge in [-0.05, 0) is 48.4 Å². The Bertz CT molecular complexity index is 900. The van der Waals surface area contributed by atoms with Gasteiger partial charge >= 0.3 is 0 Å². The van der Waals surface area contributed by atoms with Crippen LogP contribution in [-0.2, 0) is 19.1 Å². The van der Waals surface area contributed by atoms with E-state index in [1.165, 1.54) is 0 Å². The lowest BCUT2D eigenvalue weighted by Gasteiger charge is -2.41. The Balaban J connectivity index is 1.85. The third-order valence-electron chi connectivity index (χ3n) is 5.72. The SMILES string of the molecule is COCCOCCNC(=O)C1CCC(=O)N(c2ccc(OC)cc2)C1c1ccc(OC)cc1. The van der Waals surface area contributed by atoms with E-state index in [1.54, 1.807) is 26.2 Å². The molecule has 178 valence electrons. The molecule has 33 heavy (non-hydrogen) atoms. The van der Waals surface area contributed by atoms with Crippen molar-refractivity contribution in [2.24, 2.45) is 5.92 Å². The van der Waals surface area contributed by atoms with Gasteiger partial charge in [-0.3, -0.25) is 9.59 Å². The summed E-state index contributed by atoms with van der Waals surface area (Å²) in [5.41, 5.74) is 1.60. The standard InChI is InChI=1S/C25H32N2O6/c1-30-16-17-33-15-14-26-25(29)22-12-13-23(28)27(19-6-10-21(32-3)11-7-19)24(22)18-4-8-20(31-2)9-5-18/h4-11,22,24H,12-17H2,1-3H3,(H,26,29). The first kappa shape index (κ1) is 24.5. The van der Waals surface area contributed by atoms with Crippen molar-refractivity contribution in [2.45, 2.75) is 18.9 Å². The van der Waals surface area contributed by atoms with Gasteiger partial charge in [0.05, 0.1) is 46.0 Å². The Morgan fingerprint density at radius 1 is 0.939 bits per heavy atom. The molecule has 2 atom stereocenters. The van der Waals surface area contributed by atoms with Crippen molar-refractivity contribution >= 4 is 17.5 Å². The summed E-state index contributed by atoms with van der Waals surface area (Å²) in [5, 5.41) is 2.97. The van der Waals surface area contributed by atoms with Crippen LogP contribution in [0.1, 0.15) is 24.4 Å². The van der Waals surface area contributed by atoms with E-state index in [4.69, 9.17) is 18.9 Å². The molecule has 1 saturated heterocycles. The second-order valence-electron chi connectivity index (χ2n) is 7.72. The van der Waals surface area contributed by atoms with E-state index in [-0.39, 0.29) is 11.8 Å². The smallest absolute Gasteiger partial charge is 0.227 e. The van der Waals surface area contributed by atoms with Crippen LogP contribution in [0.2, 0.25) is 0 Å². The molecule has 1 fully saturated rings.